The van der Waals surface area contributed by atoms with Crippen molar-refractivity contribution in [3.8, 4) is 0 Å². The van der Waals surface area contributed by atoms with Crippen molar-refractivity contribution in [2.24, 2.45) is 0 Å². The number of anilines is 1. The van der Waals surface area contributed by atoms with Gasteiger partial charge in [0.1, 0.15) is 11.6 Å². The quantitative estimate of drug-likeness (QED) is 0.678. The first kappa shape index (κ1) is 19.7. The van der Waals surface area contributed by atoms with Crippen molar-refractivity contribution in [2.45, 2.75) is 38.1 Å². The summed E-state index contributed by atoms with van der Waals surface area (Å²) in [5.41, 5.74) is 0.981. The topological polar surface area (TPSA) is 96.0 Å². The highest BCUT2D eigenvalue weighted by Gasteiger charge is 2.22. The molecule has 28 heavy (non-hydrogen) atoms. The van der Waals surface area contributed by atoms with Crippen LogP contribution >= 0.6 is 0 Å². The molecule has 1 aliphatic heterocycles. The summed E-state index contributed by atoms with van der Waals surface area (Å²) in [5, 5.41) is 16.8. The molecule has 1 saturated heterocycles. The van der Waals surface area contributed by atoms with Crippen molar-refractivity contribution < 1.29 is 14.0 Å². The molecule has 2 aromatic rings. The van der Waals surface area contributed by atoms with Crippen LogP contribution in [-0.4, -0.2) is 41.1 Å². The van der Waals surface area contributed by atoms with Crippen LogP contribution in [0.15, 0.2) is 36.4 Å². The van der Waals surface area contributed by atoms with Gasteiger partial charge >= 0.3 is 0 Å². The van der Waals surface area contributed by atoms with Gasteiger partial charge in [-0.25, -0.2) is 4.39 Å². The minimum atomic E-state index is -0.327. The number of rotatable bonds is 7. The lowest BCUT2D eigenvalue weighted by Crippen LogP contribution is -2.38. The molecular weight excluding hydrogens is 361 g/mol. The third-order valence-electron chi connectivity index (χ3n) is 4.83. The summed E-state index contributed by atoms with van der Waals surface area (Å²) in [6.07, 6.45) is 1.21. The highest BCUT2D eigenvalue weighted by Crippen LogP contribution is 2.23. The summed E-state index contributed by atoms with van der Waals surface area (Å²) < 4.78 is 13.1. The number of halogens is 1. The predicted molar refractivity (Wildman–Crippen MR) is 103 cm³/mol. The van der Waals surface area contributed by atoms with Gasteiger partial charge in [-0.3, -0.25) is 9.59 Å². The van der Waals surface area contributed by atoms with E-state index in [-0.39, 0.29) is 34.8 Å². The molecule has 0 radical (unpaired) electrons. The Bertz CT molecular complexity index is 837. The zero-order valence-corrected chi connectivity index (χ0v) is 16.0. The lowest BCUT2D eigenvalue weighted by atomic mass is 9.84. The van der Waals surface area contributed by atoms with E-state index in [1.165, 1.54) is 12.1 Å². The standard InChI is InChI=1S/C20H24FN5O2/c1-20(2,13-3-5-14(21)6-4-13)12-23-17-9-8-16(25-26-17)19(28)22-11-15-7-10-18(27)24-15/h3-6,8-9,15H,7,10-12H2,1-2H3,(H,22,28)(H,23,26)(H,24,27). The summed E-state index contributed by atoms with van der Waals surface area (Å²) in [7, 11) is 0. The fourth-order valence-electron chi connectivity index (χ4n) is 3.00. The van der Waals surface area contributed by atoms with Gasteiger partial charge in [-0.2, -0.15) is 0 Å². The molecule has 0 spiro atoms. The first-order valence-corrected chi connectivity index (χ1v) is 9.25. The lowest BCUT2D eigenvalue weighted by Gasteiger charge is -2.25. The first-order chi connectivity index (χ1) is 13.3. The molecule has 2 amide bonds. The van der Waals surface area contributed by atoms with Crippen molar-refractivity contribution >= 4 is 17.6 Å². The van der Waals surface area contributed by atoms with Crippen molar-refractivity contribution in [2.75, 3.05) is 18.4 Å². The van der Waals surface area contributed by atoms with Crippen LogP contribution in [0.5, 0.6) is 0 Å². The van der Waals surface area contributed by atoms with Crippen molar-refractivity contribution in [1.29, 1.82) is 0 Å². The smallest absolute Gasteiger partial charge is 0.271 e. The van der Waals surface area contributed by atoms with Crippen molar-refractivity contribution in [3.05, 3.63) is 53.5 Å². The summed E-state index contributed by atoms with van der Waals surface area (Å²) in [5.74, 6) is -0.0257. The Hall–Kier alpha value is -3.03. The summed E-state index contributed by atoms with van der Waals surface area (Å²) in [6.45, 7) is 5.03. The Morgan fingerprint density at radius 3 is 2.57 bits per heavy atom. The molecule has 1 fully saturated rings. The number of aromatic nitrogens is 2. The van der Waals surface area contributed by atoms with Gasteiger partial charge in [0, 0.05) is 31.0 Å². The number of hydrogen-bond donors (Lipinski definition) is 3. The number of amides is 2. The van der Waals surface area contributed by atoms with E-state index in [0.717, 1.165) is 12.0 Å². The van der Waals surface area contributed by atoms with E-state index in [9.17, 15) is 14.0 Å². The van der Waals surface area contributed by atoms with Crippen molar-refractivity contribution in [1.82, 2.24) is 20.8 Å². The van der Waals surface area contributed by atoms with Crippen LogP contribution in [0.4, 0.5) is 10.2 Å². The molecule has 1 unspecified atom stereocenters. The Morgan fingerprint density at radius 2 is 1.96 bits per heavy atom. The number of nitrogens with zero attached hydrogens (tertiary/aromatic N) is 2. The Balaban J connectivity index is 1.51. The molecule has 3 N–H and O–H groups in total. The Kier molecular flexibility index (Phi) is 5.87. The minimum absolute atomic E-state index is 0.0121. The maximum atomic E-state index is 13.1. The fraction of sp³-hybridized carbons (Fsp3) is 0.400. The van der Waals surface area contributed by atoms with Gasteiger partial charge in [0.05, 0.1) is 0 Å². The molecule has 0 aliphatic carbocycles. The number of carbonyl (C=O) groups is 2. The van der Waals surface area contributed by atoms with E-state index in [0.29, 0.717) is 25.3 Å². The average Bonchev–Trinajstić information content (AvgIpc) is 3.10. The second kappa shape index (κ2) is 8.33. The van der Waals surface area contributed by atoms with Gasteiger partial charge in [0.25, 0.3) is 5.91 Å². The maximum Gasteiger partial charge on any atom is 0.271 e. The fourth-order valence-corrected chi connectivity index (χ4v) is 3.00. The number of benzene rings is 1. The van der Waals surface area contributed by atoms with E-state index in [2.05, 4.69) is 26.1 Å². The summed E-state index contributed by atoms with van der Waals surface area (Å²) >= 11 is 0. The van der Waals surface area contributed by atoms with Crippen LogP contribution in [0.3, 0.4) is 0 Å². The van der Waals surface area contributed by atoms with E-state index in [4.69, 9.17) is 0 Å². The van der Waals surface area contributed by atoms with Crippen LogP contribution in [0, 0.1) is 5.82 Å². The van der Waals surface area contributed by atoms with E-state index in [1.54, 1.807) is 24.3 Å². The number of carbonyl (C=O) groups excluding carboxylic acids is 2. The van der Waals surface area contributed by atoms with Gasteiger partial charge in [0.2, 0.25) is 5.91 Å². The first-order valence-electron chi connectivity index (χ1n) is 9.25. The molecule has 1 aliphatic rings. The molecule has 1 aromatic heterocycles. The molecule has 7 nitrogen and oxygen atoms in total. The molecule has 2 heterocycles. The predicted octanol–water partition coefficient (Wildman–Crippen LogP) is 2.01. The highest BCUT2D eigenvalue weighted by atomic mass is 19.1. The normalized spacial score (nSPS) is 16.5. The van der Waals surface area contributed by atoms with Gasteiger partial charge in [-0.05, 0) is 36.2 Å². The van der Waals surface area contributed by atoms with Gasteiger partial charge in [-0.15, -0.1) is 10.2 Å². The highest BCUT2D eigenvalue weighted by molar-refractivity contribution is 5.92. The van der Waals surface area contributed by atoms with E-state index < -0.39 is 0 Å². The summed E-state index contributed by atoms with van der Waals surface area (Å²) in [6, 6.07) is 9.69. The molecule has 0 bridgehead atoms. The van der Waals surface area contributed by atoms with Gasteiger partial charge in [-0.1, -0.05) is 26.0 Å². The molecule has 1 atom stereocenters. The van der Waals surface area contributed by atoms with Crippen LogP contribution in [0.25, 0.3) is 0 Å². The molecule has 1 aromatic carbocycles. The van der Waals surface area contributed by atoms with E-state index >= 15 is 0 Å². The molecule has 148 valence electrons. The van der Waals surface area contributed by atoms with Crippen LogP contribution in [0.2, 0.25) is 0 Å². The minimum Gasteiger partial charge on any atom is -0.368 e. The molecule has 0 saturated carbocycles. The third kappa shape index (κ3) is 5.03. The van der Waals surface area contributed by atoms with Gasteiger partial charge < -0.3 is 16.0 Å². The second-order valence-electron chi connectivity index (χ2n) is 7.56. The zero-order valence-electron chi connectivity index (χ0n) is 16.0. The van der Waals surface area contributed by atoms with E-state index in [1.807, 2.05) is 13.8 Å². The number of hydrogen-bond acceptors (Lipinski definition) is 5. The summed E-state index contributed by atoms with van der Waals surface area (Å²) in [4.78, 5) is 23.3. The van der Waals surface area contributed by atoms with Crippen LogP contribution in [-0.2, 0) is 10.2 Å². The Labute approximate surface area is 163 Å². The maximum absolute atomic E-state index is 13.1. The van der Waals surface area contributed by atoms with Crippen molar-refractivity contribution in [3.63, 3.8) is 0 Å². The number of nitrogens with one attached hydrogen (secondary N) is 3. The van der Waals surface area contributed by atoms with Gasteiger partial charge in [0.15, 0.2) is 5.69 Å². The molecule has 8 heteroatoms. The second-order valence-corrected chi connectivity index (χ2v) is 7.56. The lowest BCUT2D eigenvalue weighted by molar-refractivity contribution is -0.119. The van der Waals surface area contributed by atoms with Crippen LogP contribution < -0.4 is 16.0 Å². The molecule has 3 rings (SSSR count). The third-order valence-corrected chi connectivity index (χ3v) is 4.83. The Morgan fingerprint density at radius 1 is 1.21 bits per heavy atom. The average molecular weight is 385 g/mol. The monoisotopic (exact) mass is 385 g/mol. The SMILES string of the molecule is CC(C)(CNc1ccc(C(=O)NCC2CCC(=O)N2)nn1)c1ccc(F)cc1. The molecular formula is C20H24FN5O2. The zero-order chi connectivity index (χ0) is 20.1. The largest absolute Gasteiger partial charge is 0.368 e. The van der Waals surface area contributed by atoms with Crippen LogP contribution in [0.1, 0.15) is 42.7 Å².